The molecule has 0 aromatic carbocycles. The van der Waals surface area contributed by atoms with Gasteiger partial charge in [0.25, 0.3) is 5.79 Å². The van der Waals surface area contributed by atoms with Crippen molar-refractivity contribution < 1.29 is 153 Å². The highest BCUT2D eigenvalue weighted by Crippen LogP contribution is 2.41. The molecule has 0 bridgehead atoms. The molecule has 624 valence electrons. The van der Waals surface area contributed by atoms with Crippen LogP contribution < -0.4 is 16.0 Å². The molecule has 0 aliphatic carbocycles. The minimum absolute atomic E-state index is 0.135. The lowest BCUT2D eigenvalue weighted by Crippen LogP contribution is -2.72. The molecule has 5 heterocycles. The molecule has 0 saturated carbocycles. The molecule has 28 atom stereocenters. The predicted octanol–water partition coefficient (Wildman–Crippen LogP) is -1.04. The molecule has 2 unspecified atom stereocenters. The van der Waals surface area contributed by atoms with Crippen molar-refractivity contribution in [2.24, 2.45) is 0 Å². The maximum absolute atomic E-state index is 13.8. The van der Waals surface area contributed by atoms with Crippen molar-refractivity contribution in [3.63, 3.8) is 0 Å². The Labute approximate surface area is 627 Å². The van der Waals surface area contributed by atoms with Gasteiger partial charge in [0, 0.05) is 26.7 Å². The van der Waals surface area contributed by atoms with Crippen LogP contribution in [-0.2, 0) is 66.5 Å². The number of hydrogen-bond donors (Lipinski definition) is 20. The van der Waals surface area contributed by atoms with E-state index in [1.807, 2.05) is 6.08 Å². The number of carbonyl (C=O) groups excluding carboxylic acids is 3. The zero-order valence-electron chi connectivity index (χ0n) is 62.8. The van der Waals surface area contributed by atoms with Crippen molar-refractivity contribution in [3.8, 4) is 0 Å². The standard InChI is InChI=1S/C73H131N3O31/c1-5-7-9-11-13-15-17-19-20-22-24-26-28-30-32-34-52(87)76-44(45(84)33-31-29-27-25-23-21-18-16-14-12-10-8-6-2)41-98-69-61(94)59(92)63(50(39-80)101-69)103-71-62(95)67(107-73(72(96)97)35-46(85)53(74-42(3)82)66(106-73)55(88)47(86)36-77)64(51(40-81)102-71)104-68-54(75-43(4)83)65(57(90)49(38-79)99-68)105-70-60(93)58(91)56(89)48(37-78)100-70/h31,33,44-51,53-71,77-81,84-86,88-95H,5-30,32,34-41H2,1-4H3,(H,74,82)(H,75,83)(H,76,87)(H,96,97)/t44-,45+,46-,47-,48+,49+,50+,51+,53+,54+,55-,56-,57-,58-,59+,60+,61?,62+,63+,64-,65+,66?,67+,68-,69+,70-,71-,73-/m0/s1. The maximum Gasteiger partial charge on any atom is 0.364 e. The second-order valence-corrected chi connectivity index (χ2v) is 29.3. The summed E-state index contributed by atoms with van der Waals surface area (Å²) in [7, 11) is 0. The zero-order valence-corrected chi connectivity index (χ0v) is 62.8. The summed E-state index contributed by atoms with van der Waals surface area (Å²) in [6.45, 7) is 0.317. The quantitative estimate of drug-likeness (QED) is 0.0255. The van der Waals surface area contributed by atoms with E-state index < -0.39 is 235 Å². The zero-order chi connectivity index (χ0) is 78.8. The monoisotopic (exact) mass is 1550 g/mol. The molecule has 5 aliphatic heterocycles. The van der Waals surface area contributed by atoms with Crippen molar-refractivity contribution in [2.75, 3.05) is 39.6 Å². The number of nitrogens with one attached hydrogen (secondary N) is 3. The molecule has 20 N–H and O–H groups in total. The Morgan fingerprint density at radius 1 is 0.486 bits per heavy atom. The average Bonchev–Trinajstić information content (AvgIpc) is 0.750. The lowest BCUT2D eigenvalue weighted by atomic mass is 9.88. The molecule has 34 heteroatoms. The topological polar surface area (TPSA) is 541 Å². The number of aliphatic carboxylic acids is 1. The molecule has 5 aliphatic rings. The van der Waals surface area contributed by atoms with Gasteiger partial charge in [0.05, 0.1) is 63.9 Å². The van der Waals surface area contributed by atoms with E-state index in [-0.39, 0.29) is 12.3 Å². The highest BCUT2D eigenvalue weighted by molar-refractivity contribution is 5.77. The van der Waals surface area contributed by atoms with E-state index in [1.54, 1.807) is 6.08 Å². The Morgan fingerprint density at radius 2 is 0.925 bits per heavy atom. The number of ether oxygens (including phenoxy) is 10. The van der Waals surface area contributed by atoms with Crippen LogP contribution in [0, 0.1) is 0 Å². The Bertz CT molecular complexity index is 2500. The second-order valence-electron chi connectivity index (χ2n) is 29.3. The molecule has 5 saturated heterocycles. The van der Waals surface area contributed by atoms with Crippen LogP contribution in [0.25, 0.3) is 0 Å². The van der Waals surface area contributed by atoms with E-state index in [9.17, 15) is 106 Å². The van der Waals surface area contributed by atoms with Crippen LogP contribution in [0.5, 0.6) is 0 Å². The van der Waals surface area contributed by atoms with Gasteiger partial charge in [0.15, 0.2) is 25.2 Å². The van der Waals surface area contributed by atoms with E-state index in [4.69, 9.17) is 47.4 Å². The Hall–Kier alpha value is -3.42. The molecular formula is C73H131N3O31. The van der Waals surface area contributed by atoms with Crippen LogP contribution in [0.15, 0.2) is 12.2 Å². The summed E-state index contributed by atoms with van der Waals surface area (Å²) < 4.78 is 60.1. The minimum atomic E-state index is -3.38. The fourth-order valence-electron chi connectivity index (χ4n) is 14.3. The van der Waals surface area contributed by atoms with Crippen LogP contribution in [0.4, 0.5) is 0 Å². The van der Waals surface area contributed by atoms with Crippen LogP contribution in [0.2, 0.25) is 0 Å². The predicted molar refractivity (Wildman–Crippen MR) is 378 cm³/mol. The van der Waals surface area contributed by atoms with Gasteiger partial charge in [-0.2, -0.15) is 0 Å². The van der Waals surface area contributed by atoms with Gasteiger partial charge in [0.1, 0.15) is 116 Å². The molecule has 0 spiro atoms. The third-order valence-corrected chi connectivity index (χ3v) is 20.6. The van der Waals surface area contributed by atoms with Gasteiger partial charge in [-0.25, -0.2) is 4.79 Å². The van der Waals surface area contributed by atoms with Crippen LogP contribution >= 0.6 is 0 Å². The molecule has 34 nitrogen and oxygen atoms in total. The summed E-state index contributed by atoms with van der Waals surface area (Å²) in [5.74, 6) is -7.71. The number of carboxylic acid groups (broad SMARTS) is 1. The maximum atomic E-state index is 13.8. The number of aliphatic hydroxyl groups is 16. The Morgan fingerprint density at radius 3 is 1.44 bits per heavy atom. The molecule has 5 fully saturated rings. The molecular weight excluding hydrogens is 1410 g/mol. The van der Waals surface area contributed by atoms with Gasteiger partial charge >= 0.3 is 5.97 Å². The molecule has 0 aromatic rings. The highest BCUT2D eigenvalue weighted by atomic mass is 16.8. The van der Waals surface area contributed by atoms with Crippen molar-refractivity contribution in [1.82, 2.24) is 16.0 Å². The van der Waals surface area contributed by atoms with Crippen molar-refractivity contribution in [1.29, 1.82) is 0 Å². The van der Waals surface area contributed by atoms with E-state index >= 15 is 0 Å². The van der Waals surface area contributed by atoms with Crippen LogP contribution in [-0.4, -0.2) is 321 Å². The van der Waals surface area contributed by atoms with Crippen LogP contribution in [0.3, 0.4) is 0 Å². The highest BCUT2D eigenvalue weighted by Gasteiger charge is 2.62. The second kappa shape index (κ2) is 49.9. The number of allylic oxidation sites excluding steroid dienone is 1. The number of carboxylic acids is 1. The first-order chi connectivity index (χ1) is 51.3. The van der Waals surface area contributed by atoms with Crippen LogP contribution in [0.1, 0.15) is 214 Å². The molecule has 3 amide bonds. The lowest BCUT2D eigenvalue weighted by molar-refractivity contribution is -0.403. The van der Waals surface area contributed by atoms with Gasteiger partial charge in [0.2, 0.25) is 17.7 Å². The first-order valence-corrected chi connectivity index (χ1v) is 39.1. The average molecular weight is 1550 g/mol. The van der Waals surface area contributed by atoms with Gasteiger partial charge < -0.3 is 150 Å². The number of aliphatic hydroxyl groups excluding tert-OH is 16. The number of hydrogen-bond acceptors (Lipinski definition) is 30. The molecule has 0 radical (unpaired) electrons. The fraction of sp³-hybridized carbons (Fsp3) is 0.918. The van der Waals surface area contributed by atoms with Crippen molar-refractivity contribution >= 4 is 23.7 Å². The van der Waals surface area contributed by atoms with E-state index in [0.29, 0.717) is 12.8 Å². The number of carbonyl (C=O) groups is 4. The summed E-state index contributed by atoms with van der Waals surface area (Å²) in [5, 5.41) is 197. The third-order valence-electron chi connectivity index (χ3n) is 20.6. The van der Waals surface area contributed by atoms with Gasteiger partial charge in [-0.3, -0.25) is 14.4 Å². The minimum Gasteiger partial charge on any atom is -0.477 e. The third kappa shape index (κ3) is 29.2. The molecule has 5 rings (SSSR count). The van der Waals surface area contributed by atoms with Gasteiger partial charge in [-0.15, -0.1) is 0 Å². The molecule has 107 heavy (non-hydrogen) atoms. The lowest BCUT2D eigenvalue weighted by Gasteiger charge is -2.52. The number of unbranched alkanes of at least 4 members (excludes halogenated alkanes) is 25. The summed E-state index contributed by atoms with van der Waals surface area (Å²) in [5.41, 5.74) is 0. The first-order valence-electron chi connectivity index (χ1n) is 39.1. The van der Waals surface area contributed by atoms with E-state index in [0.717, 1.165) is 71.6 Å². The summed E-state index contributed by atoms with van der Waals surface area (Å²) in [4.78, 5) is 53.0. The number of amides is 3. The van der Waals surface area contributed by atoms with E-state index in [1.165, 1.54) is 103 Å². The van der Waals surface area contributed by atoms with E-state index in [2.05, 4.69) is 29.8 Å². The number of rotatable bonds is 52. The largest absolute Gasteiger partial charge is 0.477 e. The van der Waals surface area contributed by atoms with Gasteiger partial charge in [-0.1, -0.05) is 180 Å². The smallest absolute Gasteiger partial charge is 0.364 e. The van der Waals surface area contributed by atoms with Crippen molar-refractivity contribution in [3.05, 3.63) is 12.2 Å². The summed E-state index contributed by atoms with van der Waals surface area (Å²) >= 11 is 0. The van der Waals surface area contributed by atoms with Crippen molar-refractivity contribution in [2.45, 2.75) is 385 Å². The summed E-state index contributed by atoms with van der Waals surface area (Å²) in [6, 6.07) is -4.81. The Balaban J connectivity index is 1.40. The van der Waals surface area contributed by atoms with Gasteiger partial charge in [-0.05, 0) is 19.3 Å². The molecule has 0 aromatic heterocycles. The SMILES string of the molecule is CCCCCCCCCCCCCC=C[C@@H](O)[C@H](CO[C@@H]1O[C@H](CO)[C@@H](O[C@@H]2O[C@H](CO)[C@H](O[C@@H]3O[C@H](CO)[C@H](O)[C@H](O[C@@H]4O[C@H](CO)[C@H](O)[C@H](O)[C@H]4O)[C@H]3NC(C)=O)[C@H](O[C@]3(C(=O)O)C[C@H](O)[C@@H](NC(C)=O)C([C@@H](O)[C@@H](O)CO)O3)[C@H]2O)[C@H](O)C1O)NC(=O)CCCCCCCCCCCCCCCCC. The fourth-order valence-corrected chi connectivity index (χ4v) is 14.3. The Kier molecular flexibility index (Phi) is 44.0. The first kappa shape index (κ1) is 94.2. The normalized spacial score (nSPS) is 34.6. The summed E-state index contributed by atoms with van der Waals surface area (Å²) in [6.07, 6.45) is -16.8.